The molecule has 7 heteroatoms. The summed E-state index contributed by atoms with van der Waals surface area (Å²) in [6.45, 7) is 5.50. The number of amides is 2. The molecule has 0 spiro atoms. The average Bonchev–Trinajstić information content (AvgIpc) is 3.16. The van der Waals surface area contributed by atoms with Gasteiger partial charge in [0.15, 0.2) is 6.61 Å². The van der Waals surface area contributed by atoms with E-state index in [1.165, 1.54) is 0 Å². The van der Waals surface area contributed by atoms with Crippen LogP contribution in [0.2, 0.25) is 0 Å². The molecule has 160 valence electrons. The van der Waals surface area contributed by atoms with Gasteiger partial charge in [-0.15, -0.1) is 0 Å². The van der Waals surface area contributed by atoms with Gasteiger partial charge in [0.25, 0.3) is 5.91 Å². The molecule has 31 heavy (non-hydrogen) atoms. The molecule has 0 aliphatic rings. The van der Waals surface area contributed by atoms with E-state index in [0.29, 0.717) is 30.9 Å². The number of ether oxygens (including phenoxy) is 1. The number of rotatable bonds is 9. The number of nitriles is 1. The third kappa shape index (κ3) is 5.64. The van der Waals surface area contributed by atoms with Crippen LogP contribution in [0.4, 0.5) is 5.69 Å². The Morgan fingerprint density at radius 1 is 1.10 bits per heavy atom. The van der Waals surface area contributed by atoms with Crippen LogP contribution in [0.25, 0.3) is 10.9 Å². The second-order valence-electron chi connectivity index (χ2n) is 7.10. The molecular formula is C24H26N4O3. The number of nitrogens with zero attached hydrogens (tertiary/aromatic N) is 3. The van der Waals surface area contributed by atoms with E-state index in [0.717, 1.165) is 16.5 Å². The molecule has 1 aromatic heterocycles. The van der Waals surface area contributed by atoms with Crippen LogP contribution in [-0.2, 0) is 22.6 Å². The first-order valence-corrected chi connectivity index (χ1v) is 10.3. The molecule has 1 N–H and O–H groups in total. The van der Waals surface area contributed by atoms with Gasteiger partial charge in [0.2, 0.25) is 5.91 Å². The fourth-order valence-corrected chi connectivity index (χ4v) is 3.38. The SMILES string of the molecule is CCN(CC)C(=O)Cn1ccc2cc(NC(=O)COc3ccc(CC#N)cc3)ccc21. The largest absolute Gasteiger partial charge is 0.484 e. The first kappa shape index (κ1) is 21.9. The molecular weight excluding hydrogens is 392 g/mol. The number of fused-ring (bicyclic) bond motifs is 1. The third-order valence-electron chi connectivity index (χ3n) is 5.05. The van der Waals surface area contributed by atoms with Gasteiger partial charge in [-0.05, 0) is 55.8 Å². The summed E-state index contributed by atoms with van der Waals surface area (Å²) in [7, 11) is 0. The maximum atomic E-state index is 12.4. The van der Waals surface area contributed by atoms with E-state index in [9.17, 15) is 9.59 Å². The minimum absolute atomic E-state index is 0.0812. The van der Waals surface area contributed by atoms with Crippen LogP contribution in [0, 0.1) is 11.3 Å². The molecule has 0 fully saturated rings. The van der Waals surface area contributed by atoms with Crippen molar-refractivity contribution in [3.05, 3.63) is 60.3 Å². The monoisotopic (exact) mass is 418 g/mol. The molecule has 3 aromatic rings. The van der Waals surface area contributed by atoms with Gasteiger partial charge >= 0.3 is 0 Å². The maximum absolute atomic E-state index is 12.4. The van der Waals surface area contributed by atoms with Crippen molar-refractivity contribution in [3.8, 4) is 11.8 Å². The number of carbonyl (C=O) groups is 2. The molecule has 1 heterocycles. The van der Waals surface area contributed by atoms with E-state index in [2.05, 4.69) is 11.4 Å². The highest BCUT2D eigenvalue weighted by molar-refractivity contribution is 5.95. The zero-order valence-corrected chi connectivity index (χ0v) is 17.8. The van der Waals surface area contributed by atoms with Gasteiger partial charge in [-0.1, -0.05) is 12.1 Å². The summed E-state index contributed by atoms with van der Waals surface area (Å²) >= 11 is 0. The molecule has 0 saturated heterocycles. The Morgan fingerprint density at radius 2 is 1.84 bits per heavy atom. The van der Waals surface area contributed by atoms with Gasteiger partial charge in [-0.25, -0.2) is 0 Å². The molecule has 0 saturated carbocycles. The van der Waals surface area contributed by atoms with Crippen molar-refractivity contribution in [2.45, 2.75) is 26.8 Å². The molecule has 7 nitrogen and oxygen atoms in total. The highest BCUT2D eigenvalue weighted by Crippen LogP contribution is 2.21. The standard InChI is InChI=1S/C24H26N4O3/c1-3-27(4-2)24(30)16-28-14-12-19-15-20(7-10-22(19)28)26-23(29)17-31-21-8-5-18(6-9-21)11-13-25/h5-10,12,14-15H,3-4,11,16-17H2,1-2H3,(H,26,29). The first-order valence-electron chi connectivity index (χ1n) is 10.3. The van der Waals surface area contributed by atoms with Crippen molar-refractivity contribution < 1.29 is 14.3 Å². The van der Waals surface area contributed by atoms with Gasteiger partial charge in [-0.3, -0.25) is 9.59 Å². The van der Waals surface area contributed by atoms with E-state index in [4.69, 9.17) is 10.00 Å². The van der Waals surface area contributed by atoms with E-state index in [1.54, 1.807) is 29.2 Å². The normalized spacial score (nSPS) is 10.5. The average molecular weight is 418 g/mol. The van der Waals surface area contributed by atoms with Crippen molar-refractivity contribution in [3.63, 3.8) is 0 Å². The lowest BCUT2D eigenvalue weighted by molar-refractivity contribution is -0.131. The Hall–Kier alpha value is -3.79. The summed E-state index contributed by atoms with van der Waals surface area (Å²) in [6, 6.07) is 16.7. The van der Waals surface area contributed by atoms with E-state index in [1.807, 2.05) is 48.9 Å². The summed E-state index contributed by atoms with van der Waals surface area (Å²) in [6.07, 6.45) is 2.23. The maximum Gasteiger partial charge on any atom is 0.262 e. The van der Waals surface area contributed by atoms with E-state index < -0.39 is 0 Å². The zero-order valence-electron chi connectivity index (χ0n) is 17.8. The van der Waals surface area contributed by atoms with Gasteiger partial charge in [0.05, 0.1) is 12.5 Å². The predicted molar refractivity (Wildman–Crippen MR) is 120 cm³/mol. The minimum atomic E-state index is -0.267. The summed E-state index contributed by atoms with van der Waals surface area (Å²) in [5, 5.41) is 12.5. The Morgan fingerprint density at radius 3 is 2.52 bits per heavy atom. The van der Waals surface area contributed by atoms with Crippen LogP contribution >= 0.6 is 0 Å². The number of hydrogen-bond donors (Lipinski definition) is 1. The first-order chi connectivity index (χ1) is 15.0. The second kappa shape index (κ2) is 10.3. The number of likely N-dealkylation sites (N-methyl/N-ethyl adjacent to an activating group) is 1. The third-order valence-corrected chi connectivity index (χ3v) is 5.05. The van der Waals surface area contributed by atoms with Crippen LogP contribution in [0.3, 0.4) is 0 Å². The van der Waals surface area contributed by atoms with Crippen molar-refractivity contribution in [2.24, 2.45) is 0 Å². The Kier molecular flexibility index (Phi) is 7.28. The lowest BCUT2D eigenvalue weighted by Crippen LogP contribution is -2.33. The number of carbonyl (C=O) groups excluding carboxylic acids is 2. The Bertz CT molecular complexity index is 1090. The summed E-state index contributed by atoms with van der Waals surface area (Å²) < 4.78 is 7.43. The van der Waals surface area contributed by atoms with Crippen molar-refractivity contribution >= 4 is 28.4 Å². The number of benzene rings is 2. The van der Waals surface area contributed by atoms with Crippen molar-refractivity contribution in [2.75, 3.05) is 25.0 Å². The lowest BCUT2D eigenvalue weighted by Gasteiger charge is -2.19. The smallest absolute Gasteiger partial charge is 0.262 e. The highest BCUT2D eigenvalue weighted by atomic mass is 16.5. The quantitative estimate of drug-likeness (QED) is 0.575. The second-order valence-corrected chi connectivity index (χ2v) is 7.10. The van der Waals surface area contributed by atoms with Gasteiger partial charge in [0, 0.05) is 35.9 Å². The van der Waals surface area contributed by atoms with Gasteiger partial charge in [-0.2, -0.15) is 5.26 Å². The molecule has 0 atom stereocenters. The van der Waals surface area contributed by atoms with Crippen LogP contribution < -0.4 is 10.1 Å². The van der Waals surface area contributed by atoms with E-state index >= 15 is 0 Å². The Balaban J connectivity index is 1.58. The number of anilines is 1. The van der Waals surface area contributed by atoms with Crippen LogP contribution in [0.15, 0.2) is 54.7 Å². The van der Waals surface area contributed by atoms with E-state index in [-0.39, 0.29) is 25.0 Å². The molecule has 0 unspecified atom stereocenters. The van der Waals surface area contributed by atoms with Crippen molar-refractivity contribution in [1.29, 1.82) is 5.26 Å². The summed E-state index contributed by atoms with van der Waals surface area (Å²) in [4.78, 5) is 26.4. The molecule has 0 bridgehead atoms. The van der Waals surface area contributed by atoms with Gasteiger partial charge in [0.1, 0.15) is 12.3 Å². The molecule has 0 radical (unpaired) electrons. The zero-order chi connectivity index (χ0) is 22.2. The topological polar surface area (TPSA) is 87.4 Å². The number of aromatic nitrogens is 1. The fourth-order valence-electron chi connectivity index (χ4n) is 3.38. The summed E-state index contributed by atoms with van der Waals surface area (Å²) in [5.74, 6) is 0.386. The highest BCUT2D eigenvalue weighted by Gasteiger charge is 2.12. The molecule has 3 rings (SSSR count). The molecule has 2 aromatic carbocycles. The predicted octanol–water partition coefficient (Wildman–Crippen LogP) is 3.59. The number of hydrogen-bond acceptors (Lipinski definition) is 4. The minimum Gasteiger partial charge on any atom is -0.484 e. The fraction of sp³-hybridized carbons (Fsp3) is 0.292. The Labute approximate surface area is 181 Å². The van der Waals surface area contributed by atoms with Gasteiger partial charge < -0.3 is 19.5 Å². The molecule has 0 aliphatic heterocycles. The molecule has 2 amide bonds. The van der Waals surface area contributed by atoms with Crippen LogP contribution in [-0.4, -0.2) is 41.0 Å². The lowest BCUT2D eigenvalue weighted by atomic mass is 10.2. The van der Waals surface area contributed by atoms with Crippen LogP contribution in [0.1, 0.15) is 19.4 Å². The van der Waals surface area contributed by atoms with Crippen molar-refractivity contribution in [1.82, 2.24) is 9.47 Å². The summed E-state index contributed by atoms with van der Waals surface area (Å²) in [5.41, 5.74) is 2.50. The van der Waals surface area contributed by atoms with Crippen LogP contribution in [0.5, 0.6) is 5.75 Å². The number of nitrogens with one attached hydrogen (secondary N) is 1. The molecule has 0 aliphatic carbocycles.